The summed E-state index contributed by atoms with van der Waals surface area (Å²) in [6.45, 7) is 0.260. The summed E-state index contributed by atoms with van der Waals surface area (Å²) in [7, 11) is 0. The van der Waals surface area contributed by atoms with Crippen LogP contribution in [-0.2, 0) is 4.79 Å². The van der Waals surface area contributed by atoms with Gasteiger partial charge in [-0.25, -0.2) is 0 Å². The maximum absolute atomic E-state index is 12.8. The van der Waals surface area contributed by atoms with Crippen LogP contribution in [0.25, 0.3) is 0 Å². The van der Waals surface area contributed by atoms with Crippen LogP contribution in [0.1, 0.15) is 30.1 Å². The van der Waals surface area contributed by atoms with Gasteiger partial charge >= 0.3 is 6.18 Å². The molecule has 0 bridgehead atoms. The number of rotatable bonds is 2. The van der Waals surface area contributed by atoms with Gasteiger partial charge in [-0.1, -0.05) is 11.6 Å². The molecule has 1 unspecified atom stereocenters. The van der Waals surface area contributed by atoms with Crippen LogP contribution in [0.3, 0.4) is 0 Å². The lowest BCUT2D eigenvalue weighted by molar-refractivity contribution is -0.188. The third-order valence-electron chi connectivity index (χ3n) is 4.26. The lowest BCUT2D eigenvalue weighted by Gasteiger charge is -2.34. The minimum Gasteiger partial charge on any atom is -0.342 e. The van der Waals surface area contributed by atoms with Gasteiger partial charge in [-0.15, -0.1) is 11.3 Å². The van der Waals surface area contributed by atoms with E-state index in [9.17, 15) is 18.0 Å². The molecule has 0 spiro atoms. The topological polar surface area (TPSA) is 20.3 Å². The zero-order valence-corrected chi connectivity index (χ0v) is 12.8. The fourth-order valence-electron chi connectivity index (χ4n) is 2.99. The van der Waals surface area contributed by atoms with Crippen LogP contribution in [0.4, 0.5) is 13.2 Å². The van der Waals surface area contributed by atoms with E-state index in [1.54, 1.807) is 6.07 Å². The van der Waals surface area contributed by atoms with Crippen molar-refractivity contribution in [1.29, 1.82) is 0 Å². The Morgan fingerprint density at radius 1 is 1.38 bits per heavy atom. The Morgan fingerprint density at radius 3 is 2.76 bits per heavy atom. The number of hydrogen-bond acceptors (Lipinski definition) is 2. The number of likely N-dealkylation sites (tertiary alicyclic amines) is 1. The predicted octanol–water partition coefficient (Wildman–Crippen LogP) is 4.31. The van der Waals surface area contributed by atoms with Crippen LogP contribution in [0.5, 0.6) is 0 Å². The van der Waals surface area contributed by atoms with E-state index >= 15 is 0 Å². The minimum atomic E-state index is -4.21. The lowest BCUT2D eigenvalue weighted by atomic mass is 9.97. The number of halogens is 4. The normalized spacial score (nSPS) is 29.5. The number of alkyl halides is 3. The highest BCUT2D eigenvalue weighted by Gasteiger charge is 2.49. The van der Waals surface area contributed by atoms with Crippen LogP contribution in [0, 0.1) is 11.8 Å². The summed E-state index contributed by atoms with van der Waals surface area (Å²) in [5.74, 6) is -1.52. The fraction of sp³-hybridized carbons (Fsp3) is 0.643. The second kappa shape index (κ2) is 5.47. The molecule has 2 nitrogen and oxygen atoms in total. The summed E-state index contributed by atoms with van der Waals surface area (Å²) >= 11 is 7.32. The molecule has 0 aromatic carbocycles. The average molecular weight is 338 g/mol. The zero-order chi connectivity index (χ0) is 15.2. The third-order valence-corrected chi connectivity index (χ3v) is 5.63. The largest absolute Gasteiger partial charge is 0.393 e. The van der Waals surface area contributed by atoms with Crippen molar-refractivity contribution in [2.75, 3.05) is 13.1 Å². The molecule has 116 valence electrons. The Balaban J connectivity index is 1.61. The van der Waals surface area contributed by atoms with Crippen molar-refractivity contribution >= 4 is 28.8 Å². The Morgan fingerprint density at radius 2 is 2.14 bits per heavy atom. The van der Waals surface area contributed by atoms with Gasteiger partial charge in [0, 0.05) is 29.8 Å². The molecule has 1 amide bonds. The maximum atomic E-state index is 12.8. The van der Waals surface area contributed by atoms with Gasteiger partial charge in [0.15, 0.2) is 0 Å². The van der Waals surface area contributed by atoms with Crippen molar-refractivity contribution in [3.8, 4) is 0 Å². The van der Waals surface area contributed by atoms with Gasteiger partial charge in [0.25, 0.3) is 0 Å². The first-order valence-electron chi connectivity index (χ1n) is 6.97. The smallest absolute Gasteiger partial charge is 0.342 e. The molecule has 2 aliphatic rings. The first-order chi connectivity index (χ1) is 9.86. The number of carbonyl (C=O) groups is 1. The molecule has 1 saturated heterocycles. The van der Waals surface area contributed by atoms with Gasteiger partial charge < -0.3 is 4.90 Å². The second-order valence-corrected chi connectivity index (χ2v) is 7.50. The molecule has 2 heterocycles. The molecular formula is C14H15ClF3NOS. The van der Waals surface area contributed by atoms with Crippen LogP contribution < -0.4 is 0 Å². The van der Waals surface area contributed by atoms with E-state index in [4.69, 9.17) is 11.6 Å². The van der Waals surface area contributed by atoms with E-state index in [2.05, 4.69) is 0 Å². The number of carbonyl (C=O) groups excluding carboxylic acids is 1. The predicted molar refractivity (Wildman–Crippen MR) is 75.5 cm³/mol. The van der Waals surface area contributed by atoms with Crippen LogP contribution in [0.15, 0.2) is 12.1 Å². The van der Waals surface area contributed by atoms with Crippen molar-refractivity contribution in [2.24, 2.45) is 11.8 Å². The number of amides is 1. The Labute approximate surface area is 129 Å². The monoisotopic (exact) mass is 337 g/mol. The number of piperidine rings is 1. The Kier molecular flexibility index (Phi) is 3.94. The quantitative estimate of drug-likeness (QED) is 0.787. The summed E-state index contributed by atoms with van der Waals surface area (Å²) < 4.78 is 39.0. The molecule has 0 radical (unpaired) electrons. The van der Waals surface area contributed by atoms with E-state index in [0.717, 1.165) is 11.3 Å². The van der Waals surface area contributed by atoms with Crippen LogP contribution >= 0.6 is 22.9 Å². The molecule has 1 aromatic heterocycles. The van der Waals surface area contributed by atoms with Gasteiger partial charge in [-0.3, -0.25) is 4.79 Å². The van der Waals surface area contributed by atoms with E-state index in [0.29, 0.717) is 17.3 Å². The molecule has 1 aromatic rings. The molecule has 3 atom stereocenters. The fourth-order valence-corrected chi connectivity index (χ4v) is 4.23. The van der Waals surface area contributed by atoms with E-state index in [1.165, 1.54) is 16.2 Å². The van der Waals surface area contributed by atoms with E-state index < -0.39 is 12.1 Å². The van der Waals surface area contributed by atoms with Gasteiger partial charge in [0.2, 0.25) is 5.91 Å². The van der Waals surface area contributed by atoms with Crippen molar-refractivity contribution in [3.63, 3.8) is 0 Å². The third kappa shape index (κ3) is 3.21. The minimum absolute atomic E-state index is 0.126. The maximum Gasteiger partial charge on any atom is 0.393 e. The van der Waals surface area contributed by atoms with Crippen molar-refractivity contribution in [1.82, 2.24) is 4.90 Å². The van der Waals surface area contributed by atoms with Crippen LogP contribution in [-0.4, -0.2) is 30.1 Å². The number of thiophene rings is 1. The molecular weight excluding hydrogens is 323 g/mol. The van der Waals surface area contributed by atoms with Crippen molar-refractivity contribution < 1.29 is 18.0 Å². The second-order valence-electron chi connectivity index (χ2n) is 5.76. The molecule has 21 heavy (non-hydrogen) atoms. The molecule has 7 heteroatoms. The summed E-state index contributed by atoms with van der Waals surface area (Å²) in [6.07, 6.45) is -2.92. The van der Waals surface area contributed by atoms with Gasteiger partial charge in [0.05, 0.1) is 10.3 Å². The summed E-state index contributed by atoms with van der Waals surface area (Å²) in [4.78, 5) is 14.8. The SMILES string of the molecule is O=C([C@@H]1C[C@H]1c1ccc(Cl)s1)N1CCCC(C(F)(F)F)C1. The first kappa shape index (κ1) is 15.2. The molecule has 1 saturated carbocycles. The van der Waals surface area contributed by atoms with Crippen LogP contribution in [0.2, 0.25) is 4.34 Å². The average Bonchev–Trinajstić information content (AvgIpc) is 3.12. The standard InChI is InChI=1S/C14H15ClF3NOS/c15-12-4-3-11(21-12)9-6-10(9)13(20)19-5-1-2-8(7-19)14(16,17)18/h3-4,8-10H,1-2,5-7H2/t8?,9-,10-/m1/s1. The Bertz CT molecular complexity index is 545. The number of nitrogens with zero attached hydrogens (tertiary/aromatic N) is 1. The highest BCUT2D eigenvalue weighted by Crippen LogP contribution is 2.51. The molecule has 3 rings (SSSR count). The molecule has 1 aliphatic carbocycles. The highest BCUT2D eigenvalue weighted by molar-refractivity contribution is 7.16. The summed E-state index contributed by atoms with van der Waals surface area (Å²) in [5.41, 5.74) is 0. The van der Waals surface area contributed by atoms with Gasteiger partial charge in [-0.2, -0.15) is 13.2 Å². The van der Waals surface area contributed by atoms with E-state index in [-0.39, 0.29) is 30.7 Å². The van der Waals surface area contributed by atoms with Gasteiger partial charge in [-0.05, 0) is 31.4 Å². The van der Waals surface area contributed by atoms with Crippen molar-refractivity contribution in [3.05, 3.63) is 21.3 Å². The van der Waals surface area contributed by atoms with Gasteiger partial charge in [0.1, 0.15) is 0 Å². The molecule has 2 fully saturated rings. The zero-order valence-electron chi connectivity index (χ0n) is 11.2. The summed E-state index contributed by atoms with van der Waals surface area (Å²) in [5, 5.41) is 0. The number of hydrogen-bond donors (Lipinski definition) is 0. The van der Waals surface area contributed by atoms with E-state index in [1.807, 2.05) is 6.07 Å². The molecule has 1 aliphatic heterocycles. The summed E-state index contributed by atoms with van der Waals surface area (Å²) in [6, 6.07) is 3.70. The first-order valence-corrected chi connectivity index (χ1v) is 8.16. The highest BCUT2D eigenvalue weighted by atomic mass is 35.5. The Hall–Kier alpha value is -0.750. The lowest BCUT2D eigenvalue weighted by Crippen LogP contribution is -2.45. The van der Waals surface area contributed by atoms with Crippen molar-refractivity contribution in [2.45, 2.75) is 31.4 Å². The molecule has 0 N–H and O–H groups in total.